The van der Waals surface area contributed by atoms with E-state index >= 15 is 0 Å². The molecule has 1 saturated heterocycles. The second-order valence-corrected chi connectivity index (χ2v) is 6.80. The fraction of sp³-hybridized carbons (Fsp3) is 0.444. The van der Waals surface area contributed by atoms with Crippen LogP contribution in [0.3, 0.4) is 0 Å². The van der Waals surface area contributed by atoms with Gasteiger partial charge < -0.3 is 10.2 Å². The Labute approximate surface area is 157 Å². The van der Waals surface area contributed by atoms with Gasteiger partial charge in [-0.25, -0.2) is 0 Å². The predicted octanol–water partition coefficient (Wildman–Crippen LogP) is 2.22. The van der Waals surface area contributed by atoms with Crippen LogP contribution in [0.25, 0.3) is 5.69 Å². The summed E-state index contributed by atoms with van der Waals surface area (Å²) < 4.78 is 0. The van der Waals surface area contributed by atoms with E-state index in [0.29, 0.717) is 54.6 Å². The Kier molecular flexibility index (Phi) is 5.56. The number of halogens is 1. The van der Waals surface area contributed by atoms with Gasteiger partial charge in [0, 0.05) is 30.6 Å². The molecular weight excluding hydrogens is 354 g/mol. The van der Waals surface area contributed by atoms with Crippen LogP contribution in [0.2, 0.25) is 5.02 Å². The van der Waals surface area contributed by atoms with Gasteiger partial charge in [0.05, 0.1) is 11.4 Å². The number of hydrogen-bond acceptors (Lipinski definition) is 4. The summed E-state index contributed by atoms with van der Waals surface area (Å²) >= 11 is 6.01. The third-order valence-electron chi connectivity index (χ3n) is 4.53. The first-order valence-electron chi connectivity index (χ1n) is 8.76. The van der Waals surface area contributed by atoms with Crippen molar-refractivity contribution in [2.75, 3.05) is 19.6 Å². The van der Waals surface area contributed by atoms with Crippen LogP contribution in [0.1, 0.15) is 35.9 Å². The molecule has 0 bridgehead atoms. The molecule has 0 unspecified atom stereocenters. The van der Waals surface area contributed by atoms with Crippen molar-refractivity contribution in [3.8, 4) is 5.69 Å². The van der Waals surface area contributed by atoms with Crippen LogP contribution in [0.4, 0.5) is 0 Å². The molecule has 2 aromatic rings. The first-order chi connectivity index (χ1) is 12.5. The summed E-state index contributed by atoms with van der Waals surface area (Å²) in [5.74, 6) is -0.102. The number of nitrogens with zero attached hydrogens (tertiary/aromatic N) is 4. The Bertz CT molecular complexity index is 812. The highest BCUT2D eigenvalue weighted by Gasteiger charge is 2.29. The number of hydrogen-bond donors (Lipinski definition) is 1. The highest BCUT2D eigenvalue weighted by molar-refractivity contribution is 6.30. The average molecular weight is 376 g/mol. The van der Waals surface area contributed by atoms with Gasteiger partial charge in [-0.05, 0) is 44.9 Å². The lowest BCUT2D eigenvalue weighted by Gasteiger charge is -2.30. The van der Waals surface area contributed by atoms with Crippen LogP contribution < -0.4 is 5.32 Å². The van der Waals surface area contributed by atoms with Crippen LogP contribution in [0.5, 0.6) is 0 Å². The molecule has 0 aliphatic carbocycles. The van der Waals surface area contributed by atoms with E-state index in [1.165, 1.54) is 4.80 Å². The van der Waals surface area contributed by atoms with Crippen LogP contribution in [-0.4, -0.2) is 51.3 Å². The van der Waals surface area contributed by atoms with E-state index in [0.717, 1.165) is 0 Å². The van der Waals surface area contributed by atoms with Gasteiger partial charge in [-0.15, -0.1) is 5.10 Å². The number of amides is 2. The first-order valence-corrected chi connectivity index (χ1v) is 9.14. The number of carbonyl (C=O) groups excluding carboxylic acids is 2. The van der Waals surface area contributed by atoms with Crippen molar-refractivity contribution in [3.63, 3.8) is 0 Å². The smallest absolute Gasteiger partial charge is 0.276 e. The predicted molar refractivity (Wildman–Crippen MR) is 98.4 cm³/mol. The topological polar surface area (TPSA) is 80.1 Å². The second-order valence-electron chi connectivity index (χ2n) is 6.36. The first kappa shape index (κ1) is 18.4. The summed E-state index contributed by atoms with van der Waals surface area (Å²) in [6.45, 7) is 5.39. The molecule has 1 aromatic carbocycles. The minimum Gasteiger partial charge on any atom is -0.356 e. The number of rotatable bonds is 4. The van der Waals surface area contributed by atoms with Crippen molar-refractivity contribution in [1.82, 2.24) is 25.2 Å². The van der Waals surface area contributed by atoms with Gasteiger partial charge >= 0.3 is 0 Å². The zero-order chi connectivity index (χ0) is 18.7. The fourth-order valence-corrected chi connectivity index (χ4v) is 3.29. The van der Waals surface area contributed by atoms with Crippen LogP contribution in [0, 0.1) is 12.8 Å². The van der Waals surface area contributed by atoms with Gasteiger partial charge in [-0.3, -0.25) is 9.59 Å². The number of aromatic nitrogens is 3. The molecule has 26 heavy (non-hydrogen) atoms. The van der Waals surface area contributed by atoms with E-state index in [4.69, 9.17) is 11.6 Å². The lowest BCUT2D eigenvalue weighted by atomic mass is 9.95. The van der Waals surface area contributed by atoms with E-state index < -0.39 is 0 Å². The van der Waals surface area contributed by atoms with Gasteiger partial charge in [0.1, 0.15) is 0 Å². The van der Waals surface area contributed by atoms with E-state index in [9.17, 15) is 9.59 Å². The Morgan fingerprint density at radius 3 is 2.65 bits per heavy atom. The van der Waals surface area contributed by atoms with Crippen LogP contribution in [0.15, 0.2) is 24.3 Å². The second kappa shape index (κ2) is 7.86. The molecule has 0 atom stereocenters. The maximum atomic E-state index is 12.8. The van der Waals surface area contributed by atoms with Crippen molar-refractivity contribution in [3.05, 3.63) is 40.7 Å². The summed E-state index contributed by atoms with van der Waals surface area (Å²) in [4.78, 5) is 27.9. The molecule has 1 aromatic heterocycles. The zero-order valence-corrected chi connectivity index (χ0v) is 15.7. The number of piperidine rings is 1. The summed E-state index contributed by atoms with van der Waals surface area (Å²) in [5.41, 5.74) is 1.61. The summed E-state index contributed by atoms with van der Waals surface area (Å²) in [6, 6.07) is 7.15. The number of likely N-dealkylation sites (tertiary alicyclic amines) is 1. The molecule has 3 rings (SSSR count). The van der Waals surface area contributed by atoms with Gasteiger partial charge in [-0.2, -0.15) is 9.90 Å². The number of benzene rings is 1. The molecule has 1 aliphatic rings. The van der Waals surface area contributed by atoms with E-state index in [1.54, 1.807) is 24.0 Å². The summed E-state index contributed by atoms with van der Waals surface area (Å²) in [6.07, 6.45) is 1.33. The number of carbonyl (C=O) groups is 2. The molecule has 8 heteroatoms. The highest BCUT2D eigenvalue weighted by Crippen LogP contribution is 2.20. The average Bonchev–Trinajstić information content (AvgIpc) is 3.03. The third kappa shape index (κ3) is 3.88. The maximum absolute atomic E-state index is 12.8. The Balaban J connectivity index is 1.70. The summed E-state index contributed by atoms with van der Waals surface area (Å²) in [5, 5.41) is 12.1. The molecule has 0 radical (unpaired) electrons. The maximum Gasteiger partial charge on any atom is 0.276 e. The van der Waals surface area contributed by atoms with Gasteiger partial charge in [0.2, 0.25) is 5.91 Å². The van der Waals surface area contributed by atoms with Crippen molar-refractivity contribution in [2.45, 2.75) is 26.7 Å². The molecule has 2 heterocycles. The van der Waals surface area contributed by atoms with E-state index in [-0.39, 0.29) is 17.7 Å². The largest absolute Gasteiger partial charge is 0.356 e. The molecule has 1 fully saturated rings. The Hall–Kier alpha value is -2.41. The normalized spacial score (nSPS) is 15.1. The lowest BCUT2D eigenvalue weighted by Crippen LogP contribution is -2.43. The molecule has 0 saturated carbocycles. The zero-order valence-electron chi connectivity index (χ0n) is 14.9. The molecule has 0 spiro atoms. The van der Waals surface area contributed by atoms with Crippen LogP contribution in [-0.2, 0) is 4.79 Å². The molecule has 1 N–H and O–H groups in total. The third-order valence-corrected chi connectivity index (χ3v) is 4.76. The van der Waals surface area contributed by atoms with Crippen molar-refractivity contribution >= 4 is 23.4 Å². The molecule has 138 valence electrons. The van der Waals surface area contributed by atoms with Crippen molar-refractivity contribution in [2.24, 2.45) is 5.92 Å². The monoisotopic (exact) mass is 375 g/mol. The Morgan fingerprint density at radius 2 is 2.00 bits per heavy atom. The van der Waals surface area contributed by atoms with Crippen molar-refractivity contribution in [1.29, 1.82) is 0 Å². The van der Waals surface area contributed by atoms with Gasteiger partial charge in [0.15, 0.2) is 5.69 Å². The van der Waals surface area contributed by atoms with E-state index in [2.05, 4.69) is 15.5 Å². The molecule has 2 amide bonds. The fourth-order valence-electron chi connectivity index (χ4n) is 3.11. The highest BCUT2D eigenvalue weighted by atomic mass is 35.5. The van der Waals surface area contributed by atoms with E-state index in [1.807, 2.05) is 19.1 Å². The van der Waals surface area contributed by atoms with Gasteiger partial charge in [0.25, 0.3) is 5.91 Å². The lowest BCUT2D eigenvalue weighted by molar-refractivity contribution is -0.126. The molecule has 1 aliphatic heterocycles. The molecule has 7 nitrogen and oxygen atoms in total. The Morgan fingerprint density at radius 1 is 1.27 bits per heavy atom. The van der Waals surface area contributed by atoms with Crippen molar-refractivity contribution < 1.29 is 9.59 Å². The quantitative estimate of drug-likeness (QED) is 0.888. The minimum absolute atomic E-state index is 0.0257. The minimum atomic E-state index is -0.148. The van der Waals surface area contributed by atoms with Crippen LogP contribution >= 0.6 is 11.6 Å². The van der Waals surface area contributed by atoms with Gasteiger partial charge in [-0.1, -0.05) is 17.7 Å². The number of aryl methyl sites for hydroxylation is 1. The number of nitrogens with one attached hydrogen (secondary N) is 1. The molecular formula is C18H22ClN5O2. The SMILES string of the molecule is CCNC(=O)C1CCN(C(=O)c2nn(-c3cccc(Cl)c3)nc2C)CC1. The standard InChI is InChI=1S/C18H22ClN5O2/c1-3-20-17(25)13-7-9-23(10-8-13)18(26)16-12(2)21-24(22-16)15-6-4-5-14(19)11-15/h4-6,11,13H,3,7-10H2,1-2H3,(H,20,25). The summed E-state index contributed by atoms with van der Waals surface area (Å²) in [7, 11) is 0.